The van der Waals surface area contributed by atoms with Gasteiger partial charge in [-0.05, 0) is 40.3 Å². The number of halogens is 2. The molecule has 0 aliphatic rings. The van der Waals surface area contributed by atoms with E-state index in [4.69, 9.17) is 9.94 Å². The second-order valence-electron chi connectivity index (χ2n) is 3.82. The molecule has 0 heterocycles. The molecule has 0 atom stereocenters. The van der Waals surface area contributed by atoms with Crippen molar-refractivity contribution in [2.24, 2.45) is 5.16 Å². The molecule has 2 aromatic carbocycles. The minimum Gasteiger partial charge on any atom is -0.487 e. The van der Waals surface area contributed by atoms with Crippen LogP contribution in [0.3, 0.4) is 0 Å². The summed E-state index contributed by atoms with van der Waals surface area (Å²) in [6.07, 6.45) is 1.37. The van der Waals surface area contributed by atoms with Crippen molar-refractivity contribution in [1.82, 2.24) is 0 Å². The van der Waals surface area contributed by atoms with E-state index in [1.165, 1.54) is 6.21 Å². The predicted molar refractivity (Wildman–Crippen MR) is 87.0 cm³/mol. The highest BCUT2D eigenvalue weighted by atomic mass is 127. The molecule has 0 bridgehead atoms. The number of hydrogen-bond acceptors (Lipinski definition) is 3. The fraction of sp³-hybridized carbons (Fsp3) is 0.0714. The van der Waals surface area contributed by atoms with E-state index >= 15 is 0 Å². The number of benzene rings is 2. The van der Waals surface area contributed by atoms with Gasteiger partial charge >= 0.3 is 0 Å². The molecule has 0 saturated heterocycles. The molecule has 0 aromatic heterocycles. The molecule has 0 aliphatic carbocycles. The topological polar surface area (TPSA) is 41.8 Å². The van der Waals surface area contributed by atoms with Crippen molar-refractivity contribution >= 4 is 44.7 Å². The van der Waals surface area contributed by atoms with Crippen molar-refractivity contribution in [1.29, 1.82) is 0 Å². The van der Waals surface area contributed by atoms with Gasteiger partial charge in [-0.2, -0.15) is 0 Å². The van der Waals surface area contributed by atoms with Crippen LogP contribution in [0.15, 0.2) is 52.1 Å². The quantitative estimate of drug-likeness (QED) is 0.336. The second-order valence-corrected chi connectivity index (χ2v) is 5.90. The van der Waals surface area contributed by atoms with E-state index in [1.54, 1.807) is 0 Å². The normalized spacial score (nSPS) is 10.8. The van der Waals surface area contributed by atoms with Crippen LogP contribution in [0.4, 0.5) is 0 Å². The number of hydrogen-bond donors (Lipinski definition) is 1. The van der Waals surface area contributed by atoms with E-state index in [2.05, 4.69) is 43.7 Å². The summed E-state index contributed by atoms with van der Waals surface area (Å²) >= 11 is 5.61. The molecule has 0 spiro atoms. The summed E-state index contributed by atoms with van der Waals surface area (Å²) in [5, 5.41) is 11.8. The van der Waals surface area contributed by atoms with Gasteiger partial charge in [0.25, 0.3) is 0 Å². The Labute approximate surface area is 133 Å². The highest BCUT2D eigenvalue weighted by Crippen LogP contribution is 2.29. The Hall–Kier alpha value is -1.08. The van der Waals surface area contributed by atoms with E-state index in [9.17, 15) is 0 Å². The maximum atomic E-state index is 8.71. The van der Waals surface area contributed by atoms with Crippen molar-refractivity contribution in [3.8, 4) is 5.75 Å². The van der Waals surface area contributed by atoms with Crippen LogP contribution in [0.2, 0.25) is 0 Å². The third-order valence-corrected chi connectivity index (χ3v) is 3.72. The Balaban J connectivity index is 2.24. The van der Waals surface area contributed by atoms with Gasteiger partial charge in [0.15, 0.2) is 0 Å². The van der Waals surface area contributed by atoms with Crippen LogP contribution in [-0.4, -0.2) is 11.4 Å². The van der Waals surface area contributed by atoms with Crippen LogP contribution < -0.4 is 4.74 Å². The Kier molecular flexibility index (Phi) is 5.21. The predicted octanol–water partition coefficient (Wildman–Crippen LogP) is 4.44. The zero-order chi connectivity index (χ0) is 13.7. The molecular weight excluding hydrogens is 421 g/mol. The maximum absolute atomic E-state index is 8.71. The van der Waals surface area contributed by atoms with Crippen molar-refractivity contribution in [3.63, 3.8) is 0 Å². The summed E-state index contributed by atoms with van der Waals surface area (Å²) in [4.78, 5) is 0. The first-order valence-corrected chi connectivity index (χ1v) is 7.41. The molecule has 2 rings (SSSR count). The van der Waals surface area contributed by atoms with Gasteiger partial charge in [0.2, 0.25) is 0 Å². The molecule has 0 aliphatic heterocycles. The number of oxime groups is 1. The summed E-state index contributed by atoms with van der Waals surface area (Å²) in [6.45, 7) is 0.477. The van der Waals surface area contributed by atoms with E-state index < -0.39 is 0 Å². The SMILES string of the molecule is ON=Cc1cc(Br)cc(I)c1OCc1ccccc1. The fourth-order valence-electron chi connectivity index (χ4n) is 1.62. The van der Waals surface area contributed by atoms with Gasteiger partial charge in [0, 0.05) is 10.0 Å². The lowest BCUT2D eigenvalue weighted by Crippen LogP contribution is -2.00. The van der Waals surface area contributed by atoms with Crippen molar-refractivity contribution in [2.75, 3.05) is 0 Å². The first kappa shape index (κ1) is 14.3. The van der Waals surface area contributed by atoms with Crippen molar-refractivity contribution < 1.29 is 9.94 Å². The number of rotatable bonds is 4. The molecule has 98 valence electrons. The van der Waals surface area contributed by atoms with Gasteiger partial charge in [0.05, 0.1) is 9.78 Å². The molecule has 1 N–H and O–H groups in total. The van der Waals surface area contributed by atoms with Crippen LogP contribution in [0.25, 0.3) is 0 Å². The second kappa shape index (κ2) is 6.91. The van der Waals surface area contributed by atoms with Crippen molar-refractivity contribution in [2.45, 2.75) is 6.61 Å². The summed E-state index contributed by atoms with van der Waals surface area (Å²) in [5.41, 5.74) is 1.82. The molecule has 0 saturated carbocycles. The Morgan fingerprint density at radius 1 is 1.26 bits per heavy atom. The van der Waals surface area contributed by atoms with E-state index in [-0.39, 0.29) is 0 Å². The number of ether oxygens (including phenoxy) is 1. The summed E-state index contributed by atoms with van der Waals surface area (Å²) in [7, 11) is 0. The lowest BCUT2D eigenvalue weighted by Gasteiger charge is -2.11. The largest absolute Gasteiger partial charge is 0.487 e. The van der Waals surface area contributed by atoms with Gasteiger partial charge in [-0.25, -0.2) is 0 Å². The molecule has 0 amide bonds. The Morgan fingerprint density at radius 2 is 2.00 bits per heavy atom. The van der Waals surface area contributed by atoms with Crippen LogP contribution in [0.1, 0.15) is 11.1 Å². The van der Waals surface area contributed by atoms with E-state index in [0.29, 0.717) is 12.4 Å². The van der Waals surface area contributed by atoms with Crippen molar-refractivity contribution in [3.05, 3.63) is 61.6 Å². The molecule has 0 radical (unpaired) electrons. The number of nitrogens with zero attached hydrogens (tertiary/aromatic N) is 1. The zero-order valence-corrected chi connectivity index (χ0v) is 13.6. The molecule has 2 aromatic rings. The van der Waals surface area contributed by atoms with Crippen LogP contribution in [-0.2, 0) is 6.61 Å². The first-order chi connectivity index (χ1) is 9.20. The molecular formula is C14H11BrINO2. The zero-order valence-electron chi connectivity index (χ0n) is 9.88. The Bertz CT molecular complexity index is 587. The maximum Gasteiger partial charge on any atom is 0.142 e. The molecule has 19 heavy (non-hydrogen) atoms. The summed E-state index contributed by atoms with van der Waals surface area (Å²) in [5.74, 6) is 0.713. The van der Waals surface area contributed by atoms with Gasteiger partial charge in [-0.15, -0.1) is 0 Å². The lowest BCUT2D eigenvalue weighted by molar-refractivity contribution is 0.302. The van der Waals surface area contributed by atoms with Crippen LogP contribution >= 0.6 is 38.5 Å². The molecule has 0 fully saturated rings. The smallest absolute Gasteiger partial charge is 0.142 e. The average molecular weight is 432 g/mol. The van der Waals surface area contributed by atoms with E-state index in [1.807, 2.05) is 42.5 Å². The van der Waals surface area contributed by atoms with E-state index in [0.717, 1.165) is 19.2 Å². The monoisotopic (exact) mass is 431 g/mol. The third-order valence-electron chi connectivity index (χ3n) is 2.46. The average Bonchev–Trinajstić information content (AvgIpc) is 2.39. The Morgan fingerprint density at radius 3 is 2.68 bits per heavy atom. The molecule has 0 unspecified atom stereocenters. The van der Waals surface area contributed by atoms with Crippen LogP contribution in [0, 0.1) is 3.57 Å². The highest BCUT2D eigenvalue weighted by molar-refractivity contribution is 14.1. The summed E-state index contributed by atoms with van der Waals surface area (Å²) in [6, 6.07) is 13.7. The lowest BCUT2D eigenvalue weighted by atomic mass is 10.2. The van der Waals surface area contributed by atoms with Gasteiger partial charge in [-0.3, -0.25) is 0 Å². The minimum atomic E-state index is 0.477. The fourth-order valence-corrected chi connectivity index (χ4v) is 3.33. The molecule has 5 heteroatoms. The standard InChI is InChI=1S/C14H11BrINO2/c15-12-6-11(8-17-18)14(13(16)7-12)19-9-10-4-2-1-3-5-10/h1-8,18H,9H2. The highest BCUT2D eigenvalue weighted by Gasteiger charge is 2.09. The van der Waals surface area contributed by atoms with Crippen LogP contribution in [0.5, 0.6) is 5.75 Å². The third kappa shape index (κ3) is 3.94. The minimum absolute atomic E-state index is 0.477. The summed E-state index contributed by atoms with van der Waals surface area (Å²) < 4.78 is 7.70. The van der Waals surface area contributed by atoms with Gasteiger partial charge in [-0.1, -0.05) is 51.4 Å². The van der Waals surface area contributed by atoms with Gasteiger partial charge < -0.3 is 9.94 Å². The van der Waals surface area contributed by atoms with Gasteiger partial charge in [0.1, 0.15) is 12.4 Å². The first-order valence-electron chi connectivity index (χ1n) is 5.54. The molecule has 3 nitrogen and oxygen atoms in total.